The third-order valence-corrected chi connectivity index (χ3v) is 4.85. The molecule has 2 aromatic rings. The highest BCUT2D eigenvalue weighted by atomic mass is 32.2. The molecule has 3 heterocycles. The molecule has 8 heteroatoms. The minimum Gasteiger partial charge on any atom is -0.332 e. The predicted molar refractivity (Wildman–Crippen MR) is 82.8 cm³/mol. The van der Waals surface area contributed by atoms with Crippen LogP contribution in [0.15, 0.2) is 35.0 Å². The minimum atomic E-state index is -3.35. The van der Waals surface area contributed by atoms with Gasteiger partial charge in [-0.2, -0.15) is 5.10 Å². The lowest BCUT2D eigenvalue weighted by atomic mass is 9.97. The average Bonchev–Trinajstić information content (AvgIpc) is 2.81. The first-order chi connectivity index (χ1) is 10.8. The van der Waals surface area contributed by atoms with Crippen LogP contribution in [0.3, 0.4) is 0 Å². The summed E-state index contributed by atoms with van der Waals surface area (Å²) in [5.41, 5.74) is 1.98. The number of carbonyl (C=O) groups excluding carboxylic acids is 2. The number of hydrogen-bond acceptors (Lipinski definition) is 5. The first-order valence-electron chi connectivity index (χ1n) is 6.99. The van der Waals surface area contributed by atoms with E-state index in [4.69, 9.17) is 0 Å². The molecule has 0 fully saturated rings. The van der Waals surface area contributed by atoms with Gasteiger partial charge >= 0.3 is 0 Å². The van der Waals surface area contributed by atoms with Crippen molar-refractivity contribution in [3.63, 3.8) is 0 Å². The molecule has 0 aliphatic carbocycles. The molecule has 0 bridgehead atoms. The van der Waals surface area contributed by atoms with Gasteiger partial charge in [0.2, 0.25) is 5.91 Å². The van der Waals surface area contributed by atoms with E-state index in [2.05, 4.69) is 10.4 Å². The van der Waals surface area contributed by atoms with Gasteiger partial charge in [-0.1, -0.05) is 0 Å². The summed E-state index contributed by atoms with van der Waals surface area (Å²) in [7, 11) is -3.35. The van der Waals surface area contributed by atoms with Crippen molar-refractivity contribution in [2.75, 3.05) is 6.26 Å². The minimum absolute atomic E-state index is 0.115. The topological polar surface area (TPSA) is 97.6 Å². The van der Waals surface area contributed by atoms with Gasteiger partial charge in [-0.15, -0.1) is 0 Å². The molecular formula is C15H15N3O4S. The predicted octanol–water partition coefficient (Wildman–Crippen LogP) is 1.02. The Labute approximate surface area is 132 Å². The van der Waals surface area contributed by atoms with Crippen LogP contribution in [0.2, 0.25) is 0 Å². The molecule has 1 N–H and O–H groups in total. The Balaban J connectivity index is 2.10. The molecule has 0 atom stereocenters. The van der Waals surface area contributed by atoms with Gasteiger partial charge in [-0.3, -0.25) is 9.59 Å². The molecule has 1 amide bonds. The van der Waals surface area contributed by atoms with Crippen molar-refractivity contribution in [3.8, 4) is 0 Å². The average molecular weight is 333 g/mol. The monoisotopic (exact) mass is 333 g/mol. The maximum Gasteiger partial charge on any atom is 0.224 e. The van der Waals surface area contributed by atoms with Crippen LogP contribution in [0.1, 0.15) is 28.9 Å². The Morgan fingerprint density at radius 2 is 2.04 bits per heavy atom. The van der Waals surface area contributed by atoms with Crippen molar-refractivity contribution in [3.05, 3.63) is 41.4 Å². The van der Waals surface area contributed by atoms with Crippen LogP contribution in [0, 0.1) is 6.92 Å². The fourth-order valence-electron chi connectivity index (χ4n) is 2.55. The van der Waals surface area contributed by atoms with E-state index < -0.39 is 9.84 Å². The molecule has 3 rings (SSSR count). The molecule has 0 unspecified atom stereocenters. The van der Waals surface area contributed by atoms with Gasteiger partial charge in [-0.05, 0) is 25.5 Å². The van der Waals surface area contributed by atoms with Gasteiger partial charge in [0, 0.05) is 30.6 Å². The highest BCUT2D eigenvalue weighted by Crippen LogP contribution is 2.23. The van der Waals surface area contributed by atoms with Crippen molar-refractivity contribution < 1.29 is 18.0 Å². The number of amides is 1. The zero-order valence-corrected chi connectivity index (χ0v) is 13.5. The highest BCUT2D eigenvalue weighted by Gasteiger charge is 2.23. The lowest BCUT2D eigenvalue weighted by Gasteiger charge is -2.12. The maximum absolute atomic E-state index is 12.7. The van der Waals surface area contributed by atoms with Crippen LogP contribution < -0.4 is 5.32 Å². The summed E-state index contributed by atoms with van der Waals surface area (Å²) >= 11 is 0. The highest BCUT2D eigenvalue weighted by molar-refractivity contribution is 7.90. The van der Waals surface area contributed by atoms with E-state index in [0.29, 0.717) is 28.8 Å². The number of Topliss-reactive ketones (excluding diaryl/α,β-unsaturated/α-hetero) is 1. The molecule has 2 aromatic heterocycles. The van der Waals surface area contributed by atoms with Gasteiger partial charge in [0.25, 0.3) is 0 Å². The molecule has 0 saturated carbocycles. The van der Waals surface area contributed by atoms with E-state index in [9.17, 15) is 18.0 Å². The van der Waals surface area contributed by atoms with Crippen molar-refractivity contribution in [2.24, 2.45) is 0 Å². The number of carbonyl (C=O) groups is 2. The number of allylic oxidation sites excluding steroid dienone is 1. The normalized spacial score (nSPS) is 15.4. The van der Waals surface area contributed by atoms with Crippen LogP contribution in [0.4, 0.5) is 0 Å². The number of ketones is 1. The molecular weight excluding hydrogens is 318 g/mol. The number of sulfone groups is 1. The molecule has 23 heavy (non-hydrogen) atoms. The Kier molecular flexibility index (Phi) is 3.56. The van der Waals surface area contributed by atoms with Crippen LogP contribution in [-0.4, -0.2) is 36.0 Å². The second kappa shape index (κ2) is 5.31. The standard InChI is InChI=1S/C15H15N3O4S/c1-9-14(15(20)10-3-6-13(19)16-7-10)12-5-4-11(23(2,21)22)8-18(12)17-9/h4-5,7-8H,3,6H2,1-2H3,(H,16,19). The van der Waals surface area contributed by atoms with Crippen molar-refractivity contribution >= 4 is 27.0 Å². The molecule has 0 saturated heterocycles. The molecule has 1 aliphatic heterocycles. The van der Waals surface area contributed by atoms with Crippen molar-refractivity contribution in [1.29, 1.82) is 0 Å². The van der Waals surface area contributed by atoms with Crippen molar-refractivity contribution in [1.82, 2.24) is 14.9 Å². The summed E-state index contributed by atoms with van der Waals surface area (Å²) in [6, 6.07) is 3.03. The second-order valence-corrected chi connectivity index (χ2v) is 7.51. The van der Waals surface area contributed by atoms with E-state index in [0.717, 1.165) is 6.26 Å². The number of nitrogens with one attached hydrogen (secondary N) is 1. The van der Waals surface area contributed by atoms with E-state index >= 15 is 0 Å². The fourth-order valence-corrected chi connectivity index (χ4v) is 3.15. The summed E-state index contributed by atoms with van der Waals surface area (Å²) in [4.78, 5) is 24.0. The Bertz CT molecular complexity index is 970. The van der Waals surface area contributed by atoms with Crippen molar-refractivity contribution in [2.45, 2.75) is 24.7 Å². The number of rotatable bonds is 3. The summed E-state index contributed by atoms with van der Waals surface area (Å²) < 4.78 is 24.6. The zero-order valence-electron chi connectivity index (χ0n) is 12.7. The zero-order chi connectivity index (χ0) is 16.8. The number of nitrogens with zero attached hydrogens (tertiary/aromatic N) is 2. The van der Waals surface area contributed by atoms with E-state index in [-0.39, 0.29) is 23.0 Å². The van der Waals surface area contributed by atoms with Gasteiger partial charge in [0.05, 0.1) is 21.7 Å². The molecule has 0 radical (unpaired) electrons. The van der Waals surface area contributed by atoms with Gasteiger partial charge in [0.1, 0.15) is 0 Å². The van der Waals surface area contributed by atoms with Gasteiger partial charge in [-0.25, -0.2) is 12.9 Å². The number of fused-ring (bicyclic) bond motifs is 1. The molecule has 7 nitrogen and oxygen atoms in total. The Hall–Kier alpha value is -2.48. The summed E-state index contributed by atoms with van der Waals surface area (Å²) in [6.07, 6.45) is 4.59. The third-order valence-electron chi connectivity index (χ3n) is 3.75. The number of hydrogen-bond donors (Lipinski definition) is 1. The smallest absolute Gasteiger partial charge is 0.224 e. The lowest BCUT2D eigenvalue weighted by Crippen LogP contribution is -2.24. The summed E-state index contributed by atoms with van der Waals surface area (Å²) in [5.74, 6) is -0.319. The molecule has 0 aromatic carbocycles. The van der Waals surface area contributed by atoms with Crippen LogP contribution in [0.25, 0.3) is 5.52 Å². The second-order valence-electron chi connectivity index (χ2n) is 5.49. The summed E-state index contributed by atoms with van der Waals surface area (Å²) in [5, 5.41) is 6.78. The van der Waals surface area contributed by atoms with Gasteiger partial charge < -0.3 is 5.32 Å². The lowest BCUT2D eigenvalue weighted by molar-refractivity contribution is -0.120. The Morgan fingerprint density at radius 3 is 2.65 bits per heavy atom. The Morgan fingerprint density at radius 1 is 1.30 bits per heavy atom. The van der Waals surface area contributed by atoms with Crippen LogP contribution in [0.5, 0.6) is 0 Å². The number of aryl methyl sites for hydroxylation is 1. The van der Waals surface area contributed by atoms with E-state index in [1.165, 1.54) is 23.0 Å². The quantitative estimate of drug-likeness (QED) is 0.846. The van der Waals surface area contributed by atoms with Gasteiger partial charge in [0.15, 0.2) is 15.6 Å². The maximum atomic E-state index is 12.7. The fraction of sp³-hybridized carbons (Fsp3) is 0.267. The van der Waals surface area contributed by atoms with E-state index in [1.54, 1.807) is 13.0 Å². The SMILES string of the molecule is Cc1nn2cc(S(C)(=O)=O)ccc2c1C(=O)C1=CNC(=O)CC1. The molecule has 1 aliphatic rings. The number of pyridine rings is 1. The van der Waals surface area contributed by atoms with E-state index in [1.807, 2.05) is 0 Å². The first-order valence-corrected chi connectivity index (χ1v) is 8.88. The van der Waals surface area contributed by atoms with Crippen LogP contribution in [-0.2, 0) is 14.6 Å². The molecule has 120 valence electrons. The third kappa shape index (κ3) is 2.77. The van der Waals surface area contributed by atoms with Crippen LogP contribution >= 0.6 is 0 Å². The largest absolute Gasteiger partial charge is 0.332 e. The first kappa shape index (κ1) is 15.4. The summed E-state index contributed by atoms with van der Waals surface area (Å²) in [6.45, 7) is 1.70. The number of aromatic nitrogens is 2. The molecule has 0 spiro atoms.